The molecule has 0 saturated carbocycles. The van der Waals surface area contributed by atoms with E-state index >= 15 is 0 Å². The summed E-state index contributed by atoms with van der Waals surface area (Å²) in [7, 11) is 0. The minimum atomic E-state index is -0.931. The fraction of sp³-hybridized carbons (Fsp3) is 0.375. The van der Waals surface area contributed by atoms with Gasteiger partial charge < -0.3 is 15.2 Å². The van der Waals surface area contributed by atoms with Gasteiger partial charge in [-0.3, -0.25) is 0 Å². The molecule has 0 spiro atoms. The van der Waals surface area contributed by atoms with E-state index in [0.29, 0.717) is 0 Å². The number of allylic oxidation sites excluding steroid dienone is 1. The van der Waals surface area contributed by atoms with Crippen LogP contribution in [0.1, 0.15) is 6.92 Å². The molecule has 0 bridgehead atoms. The van der Waals surface area contributed by atoms with Gasteiger partial charge in [-0.25, -0.2) is 4.79 Å². The lowest BCUT2D eigenvalue weighted by atomic mass is 10.2. The van der Waals surface area contributed by atoms with Crippen molar-refractivity contribution in [2.75, 3.05) is 0 Å². The smallest absolute Gasteiger partial charge is 0.351 e. The minimum Gasteiger partial charge on any atom is -0.489 e. The van der Waals surface area contributed by atoms with Crippen molar-refractivity contribution in [1.29, 1.82) is 0 Å². The van der Waals surface area contributed by atoms with Crippen LogP contribution >= 0.6 is 0 Å². The Kier molecular flexibility index (Phi) is 1.36. The summed E-state index contributed by atoms with van der Waals surface area (Å²) in [5, 5.41) is 11.5. The second-order valence-corrected chi connectivity index (χ2v) is 2.92. The van der Waals surface area contributed by atoms with Crippen LogP contribution in [0, 0.1) is 0 Å². The molecular weight excluding hydrogens is 158 g/mol. The molecule has 0 saturated heterocycles. The van der Waals surface area contributed by atoms with Gasteiger partial charge in [0.15, 0.2) is 0 Å². The van der Waals surface area contributed by atoms with E-state index in [9.17, 15) is 4.79 Å². The number of fused-ring (bicyclic) bond motifs is 1. The minimum absolute atomic E-state index is 0.0103. The lowest BCUT2D eigenvalue weighted by Crippen LogP contribution is -2.28. The van der Waals surface area contributed by atoms with Gasteiger partial charge in [-0.05, 0) is 19.1 Å². The highest BCUT2D eigenvalue weighted by molar-refractivity contribution is 5.87. The molecule has 0 aromatic carbocycles. The normalized spacial score (nSPS) is 31.4. The van der Waals surface area contributed by atoms with Gasteiger partial charge in [-0.1, -0.05) is 0 Å². The van der Waals surface area contributed by atoms with E-state index in [4.69, 9.17) is 9.84 Å². The van der Waals surface area contributed by atoms with Crippen LogP contribution in [0.15, 0.2) is 23.6 Å². The first-order chi connectivity index (χ1) is 5.66. The first kappa shape index (κ1) is 7.21. The Morgan fingerprint density at radius 2 is 2.42 bits per heavy atom. The average Bonchev–Trinajstić information content (AvgIpc) is 2.42. The van der Waals surface area contributed by atoms with Crippen molar-refractivity contribution >= 4 is 5.97 Å². The first-order valence-electron chi connectivity index (χ1n) is 3.73. The molecule has 2 aliphatic heterocycles. The number of hydrogen-bond acceptors (Lipinski definition) is 3. The average molecular weight is 167 g/mol. The number of ether oxygens (including phenoxy) is 1. The largest absolute Gasteiger partial charge is 0.489 e. The summed E-state index contributed by atoms with van der Waals surface area (Å²) in [4.78, 5) is 10.5. The lowest BCUT2D eigenvalue weighted by Gasteiger charge is -2.07. The molecule has 0 unspecified atom stereocenters. The van der Waals surface area contributed by atoms with Gasteiger partial charge in [0, 0.05) is 0 Å². The predicted octanol–water partition coefficient (Wildman–Crippen LogP) is 0.229. The van der Waals surface area contributed by atoms with Crippen molar-refractivity contribution in [3.8, 4) is 0 Å². The Morgan fingerprint density at radius 1 is 1.67 bits per heavy atom. The maximum absolute atomic E-state index is 10.5. The van der Waals surface area contributed by atoms with Gasteiger partial charge in [-0.15, -0.1) is 0 Å². The topological polar surface area (TPSA) is 58.6 Å². The van der Waals surface area contributed by atoms with E-state index in [2.05, 4.69) is 5.32 Å². The number of nitrogens with one attached hydrogen (secondary N) is 1. The monoisotopic (exact) mass is 167 g/mol. The summed E-state index contributed by atoms with van der Waals surface area (Å²) in [5.74, 6) is -0.0859. The molecule has 0 aromatic rings. The maximum Gasteiger partial charge on any atom is 0.351 e. The molecule has 0 fully saturated rings. The highest BCUT2D eigenvalue weighted by atomic mass is 16.5. The summed E-state index contributed by atoms with van der Waals surface area (Å²) >= 11 is 0. The number of carboxylic acids is 1. The molecule has 4 heteroatoms. The quantitative estimate of drug-likeness (QED) is 0.587. The van der Waals surface area contributed by atoms with Crippen molar-refractivity contribution < 1.29 is 14.6 Å². The van der Waals surface area contributed by atoms with Gasteiger partial charge in [0.2, 0.25) is 0 Å². The molecule has 0 aromatic heterocycles. The van der Waals surface area contributed by atoms with Crippen LogP contribution in [-0.2, 0) is 9.53 Å². The molecule has 2 heterocycles. The Balaban J connectivity index is 2.14. The molecule has 2 aliphatic rings. The van der Waals surface area contributed by atoms with Crippen LogP contribution in [0.4, 0.5) is 0 Å². The zero-order valence-electron chi connectivity index (χ0n) is 6.57. The van der Waals surface area contributed by atoms with Crippen molar-refractivity contribution in [3.63, 3.8) is 0 Å². The van der Waals surface area contributed by atoms with Gasteiger partial charge in [0.25, 0.3) is 0 Å². The fourth-order valence-electron chi connectivity index (χ4n) is 1.46. The number of carbonyl (C=O) groups is 1. The van der Waals surface area contributed by atoms with Crippen molar-refractivity contribution in [2.45, 2.75) is 19.1 Å². The Morgan fingerprint density at radius 3 is 3.00 bits per heavy atom. The zero-order valence-corrected chi connectivity index (χ0v) is 6.57. The van der Waals surface area contributed by atoms with E-state index in [1.807, 2.05) is 13.0 Å². The van der Waals surface area contributed by atoms with Gasteiger partial charge in [0.1, 0.15) is 11.8 Å². The number of aliphatic carboxylic acids is 1. The second-order valence-electron chi connectivity index (χ2n) is 2.92. The summed E-state index contributed by atoms with van der Waals surface area (Å²) in [6.07, 6.45) is 3.35. The Bertz CT molecular complexity index is 293. The van der Waals surface area contributed by atoms with E-state index in [1.165, 1.54) is 0 Å². The van der Waals surface area contributed by atoms with E-state index in [1.54, 1.807) is 6.08 Å². The number of rotatable bonds is 1. The third-order valence-corrected chi connectivity index (χ3v) is 1.97. The number of hydrogen-bond donors (Lipinski definition) is 2. The molecule has 0 aliphatic carbocycles. The summed E-state index contributed by atoms with van der Waals surface area (Å²) in [5.41, 5.74) is 0.230. The van der Waals surface area contributed by atoms with E-state index in [0.717, 1.165) is 5.76 Å². The molecule has 2 rings (SSSR count). The van der Waals surface area contributed by atoms with E-state index in [-0.39, 0.29) is 17.8 Å². The zero-order chi connectivity index (χ0) is 8.72. The van der Waals surface area contributed by atoms with Crippen LogP contribution in [-0.4, -0.2) is 23.2 Å². The lowest BCUT2D eigenvalue weighted by molar-refractivity contribution is -0.133. The standard InChI is InChI=1S/C8H9NO3/c1-4-2-5-7(12-4)3-6(9-5)8(10)11/h2-3,5,7,9H,1H3,(H,10,11)/t5-,7+/m1/s1. The number of carboxylic acid groups (broad SMARTS) is 1. The molecule has 2 N–H and O–H groups in total. The van der Waals surface area contributed by atoms with Crippen LogP contribution in [0.2, 0.25) is 0 Å². The van der Waals surface area contributed by atoms with Crippen molar-refractivity contribution in [1.82, 2.24) is 5.32 Å². The second kappa shape index (κ2) is 2.27. The summed E-state index contributed by atoms with van der Waals surface area (Å²) in [6.45, 7) is 1.86. The van der Waals surface area contributed by atoms with Crippen LogP contribution in [0.25, 0.3) is 0 Å². The van der Waals surface area contributed by atoms with Crippen LogP contribution in [0.3, 0.4) is 0 Å². The van der Waals surface area contributed by atoms with Crippen molar-refractivity contribution in [2.24, 2.45) is 0 Å². The molecular formula is C8H9NO3. The van der Waals surface area contributed by atoms with Crippen LogP contribution in [0.5, 0.6) is 0 Å². The molecule has 0 amide bonds. The predicted molar refractivity (Wildman–Crippen MR) is 41.3 cm³/mol. The summed E-state index contributed by atoms with van der Waals surface area (Å²) in [6, 6.07) is 0.0103. The van der Waals surface area contributed by atoms with Gasteiger partial charge in [0.05, 0.1) is 11.8 Å². The molecule has 64 valence electrons. The Hall–Kier alpha value is -1.45. The molecule has 0 radical (unpaired) electrons. The maximum atomic E-state index is 10.5. The van der Waals surface area contributed by atoms with E-state index < -0.39 is 5.97 Å². The van der Waals surface area contributed by atoms with Gasteiger partial charge >= 0.3 is 5.97 Å². The molecule has 4 nitrogen and oxygen atoms in total. The van der Waals surface area contributed by atoms with Crippen molar-refractivity contribution in [3.05, 3.63) is 23.6 Å². The highest BCUT2D eigenvalue weighted by Gasteiger charge is 2.33. The Labute approximate surface area is 69.5 Å². The third-order valence-electron chi connectivity index (χ3n) is 1.97. The third kappa shape index (κ3) is 0.958. The SMILES string of the molecule is CC1=C[C@H]2NC(C(=O)O)=C[C@@H]2O1. The fourth-order valence-corrected chi connectivity index (χ4v) is 1.46. The highest BCUT2D eigenvalue weighted by Crippen LogP contribution is 2.24. The first-order valence-corrected chi connectivity index (χ1v) is 3.73. The molecule has 12 heavy (non-hydrogen) atoms. The van der Waals surface area contributed by atoms with Gasteiger partial charge in [-0.2, -0.15) is 0 Å². The molecule has 2 atom stereocenters. The summed E-state index contributed by atoms with van der Waals surface area (Å²) < 4.78 is 5.32. The van der Waals surface area contributed by atoms with Crippen LogP contribution < -0.4 is 5.32 Å².